The van der Waals surface area contributed by atoms with E-state index < -0.39 is 5.91 Å². The van der Waals surface area contributed by atoms with Gasteiger partial charge in [-0.05, 0) is 18.6 Å². The molecule has 0 aliphatic heterocycles. The molecule has 23 heavy (non-hydrogen) atoms. The normalized spacial score (nSPS) is 10.6. The molecule has 5 nitrogen and oxygen atoms in total. The van der Waals surface area contributed by atoms with Gasteiger partial charge < -0.3 is 15.4 Å². The van der Waals surface area contributed by atoms with Gasteiger partial charge in [0.05, 0.1) is 23.4 Å². The predicted molar refractivity (Wildman–Crippen MR) is 94.0 cm³/mol. The number of nitrogens with one attached hydrogen (secondary N) is 2. The maximum Gasteiger partial charge on any atom is 0.263 e. The van der Waals surface area contributed by atoms with Crippen molar-refractivity contribution >= 4 is 56.4 Å². The Kier molecular flexibility index (Phi) is 6.10. The van der Waals surface area contributed by atoms with Gasteiger partial charge in [-0.15, -0.1) is 11.3 Å². The first-order valence-electron chi connectivity index (χ1n) is 6.99. The Hall–Kier alpha value is -1.50. The van der Waals surface area contributed by atoms with Gasteiger partial charge in [-0.3, -0.25) is 9.59 Å². The monoisotopic (exact) mass is 374 g/mol. The van der Waals surface area contributed by atoms with Gasteiger partial charge in [0.15, 0.2) is 0 Å². The molecule has 0 spiro atoms. The number of thiophene rings is 1. The summed E-state index contributed by atoms with van der Waals surface area (Å²) in [5, 5.41) is 6.66. The van der Waals surface area contributed by atoms with Crippen molar-refractivity contribution in [3.63, 3.8) is 0 Å². The minimum Gasteiger partial charge on any atom is -0.495 e. The number of amides is 2. The molecule has 2 N–H and O–H groups in total. The van der Waals surface area contributed by atoms with Crippen LogP contribution in [0, 0.1) is 0 Å². The summed E-state index contributed by atoms with van der Waals surface area (Å²) in [4.78, 5) is 24.1. The largest absolute Gasteiger partial charge is 0.495 e. The molecule has 0 bridgehead atoms. The molecule has 1 aromatic carbocycles. The summed E-state index contributed by atoms with van der Waals surface area (Å²) >= 11 is 13.7. The molecule has 2 amide bonds. The molecule has 0 fully saturated rings. The fourth-order valence-corrected chi connectivity index (χ4v) is 3.76. The van der Waals surface area contributed by atoms with Gasteiger partial charge in [-0.25, -0.2) is 0 Å². The molecule has 1 aromatic heterocycles. The summed E-state index contributed by atoms with van der Waals surface area (Å²) in [7, 11) is 1.52. The number of carbonyl (C=O) groups is 2. The summed E-state index contributed by atoms with van der Waals surface area (Å²) in [5.41, 5.74) is 0. The number of carbonyl (C=O) groups excluding carboxylic acids is 2. The molecular formula is C15H16Cl2N2O3S. The molecule has 1 heterocycles. The van der Waals surface area contributed by atoms with Crippen LogP contribution in [-0.2, 0) is 4.79 Å². The molecule has 2 rings (SSSR count). The molecule has 0 atom stereocenters. The molecular weight excluding hydrogens is 359 g/mol. The second kappa shape index (κ2) is 7.86. The Morgan fingerprint density at radius 3 is 2.61 bits per heavy atom. The minimum absolute atomic E-state index is 0.0968. The van der Waals surface area contributed by atoms with Crippen LogP contribution in [-0.4, -0.2) is 32.0 Å². The van der Waals surface area contributed by atoms with Crippen molar-refractivity contribution in [3.8, 4) is 5.75 Å². The maximum atomic E-state index is 12.2. The molecule has 124 valence electrons. The Labute approximate surface area is 147 Å². The molecule has 0 saturated heterocycles. The third-order valence-corrected chi connectivity index (χ3v) is 5.32. The summed E-state index contributed by atoms with van der Waals surface area (Å²) < 4.78 is 5.83. The topological polar surface area (TPSA) is 67.4 Å². The van der Waals surface area contributed by atoms with E-state index in [1.165, 1.54) is 18.4 Å². The average Bonchev–Trinajstić information content (AvgIpc) is 2.89. The van der Waals surface area contributed by atoms with Crippen LogP contribution >= 0.6 is 34.5 Å². The van der Waals surface area contributed by atoms with Gasteiger partial charge in [-0.1, -0.05) is 30.1 Å². The van der Waals surface area contributed by atoms with Crippen molar-refractivity contribution in [2.45, 2.75) is 13.3 Å². The molecule has 0 radical (unpaired) electrons. The van der Waals surface area contributed by atoms with E-state index in [0.29, 0.717) is 37.3 Å². The molecule has 2 aromatic rings. The second-order valence-corrected chi connectivity index (χ2v) is 6.51. The Bertz CT molecular complexity index is 746. The van der Waals surface area contributed by atoms with Crippen LogP contribution in [0.3, 0.4) is 0 Å². The fourth-order valence-electron chi connectivity index (χ4n) is 1.95. The van der Waals surface area contributed by atoms with Gasteiger partial charge in [0.1, 0.15) is 15.6 Å². The number of halogens is 2. The molecule has 0 aliphatic carbocycles. The maximum absolute atomic E-state index is 12.2. The standard InChI is InChI=1S/C15H16Cl2N2O3S/c1-3-6-18-10(20)7-19-15(21)14-11(16)8-4-5-9(22-2)12(17)13(8)23-14/h4-5H,3,6-7H2,1-2H3,(H,18,20)(H,19,21). The van der Waals surface area contributed by atoms with E-state index in [0.717, 1.165) is 6.42 Å². The van der Waals surface area contributed by atoms with E-state index in [2.05, 4.69) is 10.6 Å². The van der Waals surface area contributed by atoms with E-state index in [1.54, 1.807) is 12.1 Å². The van der Waals surface area contributed by atoms with Gasteiger partial charge in [-0.2, -0.15) is 0 Å². The third kappa shape index (κ3) is 3.88. The second-order valence-electron chi connectivity index (χ2n) is 4.74. The first kappa shape index (κ1) is 17.8. The Morgan fingerprint density at radius 2 is 1.96 bits per heavy atom. The van der Waals surface area contributed by atoms with E-state index >= 15 is 0 Å². The molecule has 8 heteroatoms. The molecule has 0 unspecified atom stereocenters. The SMILES string of the molecule is CCCNC(=O)CNC(=O)c1sc2c(Cl)c(OC)ccc2c1Cl. The lowest BCUT2D eigenvalue weighted by molar-refractivity contribution is -0.120. The van der Waals surface area contributed by atoms with Crippen LogP contribution in [0.2, 0.25) is 10.0 Å². The lowest BCUT2D eigenvalue weighted by Gasteiger charge is -2.05. The highest BCUT2D eigenvalue weighted by Crippen LogP contribution is 2.42. The van der Waals surface area contributed by atoms with Crippen molar-refractivity contribution in [1.82, 2.24) is 10.6 Å². The summed E-state index contributed by atoms with van der Waals surface area (Å²) in [6.07, 6.45) is 0.835. The summed E-state index contributed by atoms with van der Waals surface area (Å²) in [6.45, 7) is 2.43. The van der Waals surface area contributed by atoms with Crippen molar-refractivity contribution in [3.05, 3.63) is 27.1 Å². The highest BCUT2D eigenvalue weighted by molar-refractivity contribution is 7.22. The number of fused-ring (bicyclic) bond motifs is 1. The fraction of sp³-hybridized carbons (Fsp3) is 0.333. The Balaban J connectivity index is 2.19. The van der Waals surface area contributed by atoms with Gasteiger partial charge in [0, 0.05) is 11.9 Å². The van der Waals surface area contributed by atoms with Crippen LogP contribution < -0.4 is 15.4 Å². The predicted octanol–water partition coefficient (Wildman–Crippen LogP) is 3.47. The molecule has 0 aliphatic rings. The average molecular weight is 375 g/mol. The lowest BCUT2D eigenvalue weighted by atomic mass is 10.2. The number of rotatable bonds is 6. The molecule has 0 saturated carbocycles. The zero-order chi connectivity index (χ0) is 17.0. The van der Waals surface area contributed by atoms with Crippen LogP contribution in [0.5, 0.6) is 5.75 Å². The zero-order valence-electron chi connectivity index (χ0n) is 12.7. The van der Waals surface area contributed by atoms with Crippen LogP contribution in [0.25, 0.3) is 10.1 Å². The third-order valence-electron chi connectivity index (χ3n) is 3.11. The van der Waals surface area contributed by atoms with Crippen LogP contribution in [0.4, 0.5) is 0 Å². The first-order valence-corrected chi connectivity index (χ1v) is 8.56. The number of hydrogen-bond donors (Lipinski definition) is 2. The van der Waals surface area contributed by atoms with Crippen molar-refractivity contribution in [1.29, 1.82) is 0 Å². The van der Waals surface area contributed by atoms with E-state index in [4.69, 9.17) is 27.9 Å². The van der Waals surface area contributed by atoms with Gasteiger partial charge in [0.2, 0.25) is 5.91 Å². The van der Waals surface area contributed by atoms with Crippen molar-refractivity contribution in [2.24, 2.45) is 0 Å². The quantitative estimate of drug-likeness (QED) is 0.813. The number of benzene rings is 1. The van der Waals surface area contributed by atoms with Gasteiger partial charge >= 0.3 is 0 Å². The van der Waals surface area contributed by atoms with Crippen LogP contribution in [0.15, 0.2) is 12.1 Å². The van der Waals surface area contributed by atoms with Crippen molar-refractivity contribution in [2.75, 3.05) is 20.2 Å². The summed E-state index contributed by atoms with van der Waals surface area (Å²) in [5.74, 6) is -0.127. The number of hydrogen-bond acceptors (Lipinski definition) is 4. The number of methoxy groups -OCH3 is 1. The highest BCUT2D eigenvalue weighted by atomic mass is 35.5. The zero-order valence-corrected chi connectivity index (χ0v) is 15.0. The Morgan fingerprint density at radius 1 is 1.22 bits per heavy atom. The highest BCUT2D eigenvalue weighted by Gasteiger charge is 2.20. The first-order chi connectivity index (χ1) is 11.0. The van der Waals surface area contributed by atoms with E-state index in [1.807, 2.05) is 6.92 Å². The summed E-state index contributed by atoms with van der Waals surface area (Å²) in [6, 6.07) is 3.45. The van der Waals surface area contributed by atoms with Crippen molar-refractivity contribution < 1.29 is 14.3 Å². The van der Waals surface area contributed by atoms with Crippen LogP contribution in [0.1, 0.15) is 23.0 Å². The van der Waals surface area contributed by atoms with E-state index in [-0.39, 0.29) is 12.5 Å². The lowest BCUT2D eigenvalue weighted by Crippen LogP contribution is -2.37. The minimum atomic E-state index is -0.405. The number of ether oxygens (including phenoxy) is 1. The smallest absolute Gasteiger partial charge is 0.263 e. The van der Waals surface area contributed by atoms with Gasteiger partial charge in [0.25, 0.3) is 5.91 Å². The van der Waals surface area contributed by atoms with E-state index in [9.17, 15) is 9.59 Å².